The summed E-state index contributed by atoms with van der Waals surface area (Å²) in [6.07, 6.45) is 22.0. The van der Waals surface area contributed by atoms with Crippen LogP contribution in [0.25, 0.3) is 0 Å². The van der Waals surface area contributed by atoms with Gasteiger partial charge in [0.15, 0.2) is 0 Å². The Labute approximate surface area is 165 Å². The highest BCUT2D eigenvalue weighted by Gasteiger charge is 2.07. The quantitative estimate of drug-likeness (QED) is 0.0868. The fourth-order valence-electron chi connectivity index (χ4n) is 3.14. The van der Waals surface area contributed by atoms with Crippen molar-refractivity contribution in [3.63, 3.8) is 0 Å². The molecule has 0 bridgehead atoms. The van der Waals surface area contributed by atoms with Crippen LogP contribution in [-0.2, 0) is 24.2 Å². The summed E-state index contributed by atoms with van der Waals surface area (Å²) in [4.78, 5) is 39.9. The van der Waals surface area contributed by atoms with Crippen molar-refractivity contribution in [2.75, 3.05) is 0 Å². The van der Waals surface area contributed by atoms with Crippen molar-refractivity contribution >= 4 is 18.2 Å². The molecule has 158 valence electrons. The van der Waals surface area contributed by atoms with Crippen LogP contribution in [0.4, 0.5) is 0 Å². The van der Waals surface area contributed by atoms with Gasteiger partial charge in [-0.2, -0.15) is 0 Å². The van der Waals surface area contributed by atoms with E-state index in [1.165, 1.54) is 89.9 Å². The number of unbranched alkanes of at least 4 members (excludes halogenated alkanes) is 16. The maximum Gasteiger partial charge on any atom is 0.418 e. The first kappa shape index (κ1) is 25.6. The molecule has 0 saturated carbocycles. The predicted octanol–water partition coefficient (Wildman–Crippen LogP) is 6.23. The molecule has 0 unspecified atom stereocenters. The molecular weight excluding hydrogens is 344 g/mol. The van der Waals surface area contributed by atoms with Gasteiger partial charge in [-0.3, -0.25) is 4.79 Å². The van der Waals surface area contributed by atoms with Crippen LogP contribution in [0.3, 0.4) is 0 Å². The minimum atomic E-state index is -1.19. The topological polar surface area (TPSA) is 69.7 Å². The Hall–Kier alpha value is -1.39. The van der Waals surface area contributed by atoms with Gasteiger partial charge in [0.05, 0.1) is 6.42 Å². The normalized spacial score (nSPS) is 10.6. The number of aldehydes is 1. The van der Waals surface area contributed by atoms with Crippen LogP contribution in [0, 0.1) is 0 Å². The molecular formula is C22H40O5. The van der Waals surface area contributed by atoms with Crippen molar-refractivity contribution in [1.29, 1.82) is 0 Å². The van der Waals surface area contributed by atoms with Crippen molar-refractivity contribution in [2.24, 2.45) is 0 Å². The highest BCUT2D eigenvalue weighted by Crippen LogP contribution is 2.14. The molecule has 0 heterocycles. The Morgan fingerprint density at radius 3 is 1.33 bits per heavy atom. The van der Waals surface area contributed by atoms with Crippen molar-refractivity contribution in [3.8, 4) is 0 Å². The molecule has 0 aliphatic carbocycles. The minimum absolute atomic E-state index is 0.0388. The van der Waals surface area contributed by atoms with Crippen molar-refractivity contribution < 1.29 is 24.2 Å². The van der Waals surface area contributed by atoms with E-state index in [1.54, 1.807) is 0 Å². The zero-order chi connectivity index (χ0) is 20.0. The summed E-state index contributed by atoms with van der Waals surface area (Å²) in [6, 6.07) is 0. The molecule has 0 radical (unpaired) electrons. The lowest BCUT2D eigenvalue weighted by Crippen LogP contribution is -2.11. The highest BCUT2D eigenvalue weighted by atomic mass is 17.2. The standard InChI is InChI=1S/C22H40O5/c1-2-3-4-5-6-7-8-9-10-11-12-13-14-15-16-17-18-19-21(24)26-27-22(25)20-23/h20H,2-19H2,1H3. The Kier molecular flexibility index (Phi) is 19.8. The molecule has 0 saturated heterocycles. The molecule has 5 nitrogen and oxygen atoms in total. The van der Waals surface area contributed by atoms with Gasteiger partial charge in [0.1, 0.15) is 0 Å². The van der Waals surface area contributed by atoms with Gasteiger partial charge < -0.3 is 0 Å². The summed E-state index contributed by atoms with van der Waals surface area (Å²) in [6.45, 7) is 2.26. The van der Waals surface area contributed by atoms with E-state index in [4.69, 9.17) is 0 Å². The van der Waals surface area contributed by atoms with Gasteiger partial charge in [-0.25, -0.2) is 19.4 Å². The molecule has 0 fully saturated rings. The van der Waals surface area contributed by atoms with Crippen molar-refractivity contribution in [3.05, 3.63) is 0 Å². The van der Waals surface area contributed by atoms with Gasteiger partial charge in [-0.05, 0) is 6.42 Å². The predicted molar refractivity (Wildman–Crippen MR) is 107 cm³/mol. The Morgan fingerprint density at radius 1 is 0.593 bits per heavy atom. The zero-order valence-corrected chi connectivity index (χ0v) is 17.3. The average molecular weight is 385 g/mol. The number of hydrogen-bond acceptors (Lipinski definition) is 5. The summed E-state index contributed by atoms with van der Waals surface area (Å²) >= 11 is 0. The Bertz CT molecular complexity index is 368. The van der Waals surface area contributed by atoms with E-state index >= 15 is 0 Å². The molecule has 0 amide bonds. The van der Waals surface area contributed by atoms with Crippen LogP contribution in [0.1, 0.15) is 122 Å². The van der Waals surface area contributed by atoms with Crippen LogP contribution < -0.4 is 0 Å². The summed E-state index contributed by atoms with van der Waals surface area (Å²) < 4.78 is 0. The smallest absolute Gasteiger partial charge is 0.290 e. The largest absolute Gasteiger partial charge is 0.418 e. The second-order valence-electron chi connectivity index (χ2n) is 7.38. The maximum atomic E-state index is 11.2. The fraction of sp³-hybridized carbons (Fsp3) is 0.864. The molecule has 0 rings (SSSR count). The number of carbonyl (C=O) groups excluding carboxylic acids is 3. The zero-order valence-electron chi connectivity index (χ0n) is 17.3. The average Bonchev–Trinajstić information content (AvgIpc) is 2.68. The van der Waals surface area contributed by atoms with E-state index in [0.29, 0.717) is 0 Å². The van der Waals surface area contributed by atoms with Gasteiger partial charge in [0.25, 0.3) is 0 Å². The molecule has 0 aromatic carbocycles. The molecule has 0 aromatic rings. The van der Waals surface area contributed by atoms with Crippen LogP contribution in [0.2, 0.25) is 0 Å². The first-order chi connectivity index (χ1) is 13.2. The monoisotopic (exact) mass is 384 g/mol. The van der Waals surface area contributed by atoms with Crippen LogP contribution in [0.5, 0.6) is 0 Å². The van der Waals surface area contributed by atoms with Crippen molar-refractivity contribution in [2.45, 2.75) is 122 Å². The maximum absolute atomic E-state index is 11.2. The molecule has 5 heteroatoms. The van der Waals surface area contributed by atoms with E-state index in [2.05, 4.69) is 16.7 Å². The highest BCUT2D eigenvalue weighted by molar-refractivity contribution is 6.20. The third-order valence-electron chi connectivity index (χ3n) is 4.80. The lowest BCUT2D eigenvalue weighted by molar-refractivity contribution is -0.255. The first-order valence-electron chi connectivity index (χ1n) is 11.1. The first-order valence-corrected chi connectivity index (χ1v) is 11.1. The van der Waals surface area contributed by atoms with E-state index in [1.807, 2.05) is 0 Å². The van der Waals surface area contributed by atoms with Crippen molar-refractivity contribution in [1.82, 2.24) is 0 Å². The van der Waals surface area contributed by atoms with Gasteiger partial charge in [0, 0.05) is 0 Å². The minimum Gasteiger partial charge on any atom is -0.290 e. The third kappa shape index (κ3) is 20.8. The molecule has 0 N–H and O–H groups in total. The SMILES string of the molecule is CCCCCCCCCCCCCCCCCCCC(=O)OOC(=O)C=O. The lowest BCUT2D eigenvalue weighted by Gasteiger charge is -2.04. The second kappa shape index (κ2) is 20.9. The van der Waals surface area contributed by atoms with Gasteiger partial charge in [-0.15, -0.1) is 0 Å². The molecule has 0 atom stereocenters. The fourth-order valence-corrected chi connectivity index (χ4v) is 3.14. The molecule has 0 aliphatic heterocycles. The number of hydrogen-bond donors (Lipinski definition) is 0. The number of carbonyl (C=O) groups is 3. The number of rotatable bonds is 19. The second-order valence-corrected chi connectivity index (χ2v) is 7.38. The van der Waals surface area contributed by atoms with E-state index in [9.17, 15) is 14.4 Å². The van der Waals surface area contributed by atoms with Gasteiger partial charge in [-0.1, -0.05) is 110 Å². The van der Waals surface area contributed by atoms with E-state index in [0.717, 1.165) is 19.3 Å². The summed E-state index contributed by atoms with van der Waals surface area (Å²) in [5.41, 5.74) is 0. The van der Waals surface area contributed by atoms with E-state index in [-0.39, 0.29) is 12.7 Å². The van der Waals surface area contributed by atoms with E-state index < -0.39 is 11.9 Å². The molecule has 0 aliphatic rings. The van der Waals surface area contributed by atoms with Crippen LogP contribution >= 0.6 is 0 Å². The van der Waals surface area contributed by atoms with Crippen LogP contribution in [0.15, 0.2) is 0 Å². The Balaban J connectivity index is 3.13. The molecule has 27 heavy (non-hydrogen) atoms. The summed E-state index contributed by atoms with van der Waals surface area (Å²) in [7, 11) is 0. The Morgan fingerprint density at radius 2 is 0.963 bits per heavy atom. The van der Waals surface area contributed by atoms with Gasteiger partial charge in [0.2, 0.25) is 6.29 Å². The molecule has 0 spiro atoms. The molecule has 0 aromatic heterocycles. The lowest BCUT2D eigenvalue weighted by atomic mass is 10.0. The summed E-state index contributed by atoms with van der Waals surface area (Å²) in [5, 5.41) is 0. The summed E-state index contributed by atoms with van der Waals surface area (Å²) in [5.74, 6) is -1.79. The van der Waals surface area contributed by atoms with Gasteiger partial charge >= 0.3 is 11.9 Å². The third-order valence-corrected chi connectivity index (χ3v) is 4.80. The van der Waals surface area contributed by atoms with Crippen LogP contribution in [-0.4, -0.2) is 18.2 Å².